The second kappa shape index (κ2) is 9.50. The van der Waals surface area contributed by atoms with E-state index in [4.69, 9.17) is 9.84 Å². The molecule has 27 heavy (non-hydrogen) atoms. The Labute approximate surface area is 159 Å². The largest absolute Gasteiger partial charge is 0.497 e. The van der Waals surface area contributed by atoms with Gasteiger partial charge >= 0.3 is 0 Å². The van der Waals surface area contributed by atoms with Crippen molar-refractivity contribution in [3.63, 3.8) is 0 Å². The summed E-state index contributed by atoms with van der Waals surface area (Å²) in [5.74, 6) is 0.288. The minimum Gasteiger partial charge on any atom is -0.497 e. The van der Waals surface area contributed by atoms with Crippen molar-refractivity contribution in [2.75, 3.05) is 27.3 Å². The third kappa shape index (κ3) is 5.29. The van der Waals surface area contributed by atoms with Crippen LogP contribution in [-0.2, 0) is 14.8 Å². The highest BCUT2D eigenvalue weighted by atomic mass is 32.2. The molecule has 2 N–H and O–H groups in total. The maximum atomic E-state index is 13.0. The summed E-state index contributed by atoms with van der Waals surface area (Å²) in [5, 5.41) is 11.4. The monoisotopic (exact) mass is 392 g/mol. The number of aliphatic hydroxyl groups excluding tert-OH is 1. The van der Waals surface area contributed by atoms with Gasteiger partial charge in [-0.2, -0.15) is 4.31 Å². The number of hydrogen-bond acceptors (Lipinski definition) is 5. The first-order chi connectivity index (χ1) is 12.9. The molecule has 146 valence electrons. The highest BCUT2D eigenvalue weighted by Crippen LogP contribution is 2.30. The smallest absolute Gasteiger partial charge is 0.243 e. The Morgan fingerprint density at radius 3 is 2.33 bits per heavy atom. The molecule has 1 amide bonds. The van der Waals surface area contributed by atoms with Gasteiger partial charge in [-0.3, -0.25) is 4.79 Å². The lowest BCUT2D eigenvalue weighted by Crippen LogP contribution is -2.36. The predicted molar refractivity (Wildman–Crippen MR) is 102 cm³/mol. The third-order valence-corrected chi connectivity index (χ3v) is 6.05. The Morgan fingerprint density at radius 1 is 1.15 bits per heavy atom. The number of benzene rings is 2. The summed E-state index contributed by atoms with van der Waals surface area (Å²) >= 11 is 0. The van der Waals surface area contributed by atoms with E-state index in [0.717, 1.165) is 0 Å². The molecule has 0 aliphatic rings. The molecule has 0 aromatic heterocycles. The quantitative estimate of drug-likeness (QED) is 0.675. The van der Waals surface area contributed by atoms with Crippen molar-refractivity contribution < 1.29 is 23.1 Å². The van der Waals surface area contributed by atoms with E-state index >= 15 is 0 Å². The van der Waals surface area contributed by atoms with Crippen LogP contribution in [0.3, 0.4) is 0 Å². The molecule has 0 aliphatic heterocycles. The van der Waals surface area contributed by atoms with Crippen LogP contribution < -0.4 is 10.1 Å². The second-order valence-electron chi connectivity index (χ2n) is 5.90. The third-order valence-electron chi connectivity index (χ3n) is 4.17. The lowest BCUT2D eigenvalue weighted by atomic mass is 10.0. The minimum atomic E-state index is -3.80. The standard InChI is InChI=1S/C19H24N2O5S/c1-21(27(24,25)17-6-4-3-5-7-17)18(14-19(23)20-12-13-22)15-8-10-16(26-2)11-9-15/h3-11,18,22H,12-14H2,1-2H3,(H,20,23)/t18-/m1/s1. The number of carbonyl (C=O) groups is 1. The van der Waals surface area contributed by atoms with Crippen LogP contribution >= 0.6 is 0 Å². The van der Waals surface area contributed by atoms with E-state index in [1.165, 1.54) is 23.5 Å². The average molecular weight is 392 g/mol. The molecule has 2 aromatic rings. The number of amides is 1. The van der Waals surface area contributed by atoms with Gasteiger partial charge in [-0.1, -0.05) is 30.3 Å². The van der Waals surface area contributed by atoms with E-state index in [9.17, 15) is 13.2 Å². The molecule has 0 aliphatic carbocycles. The maximum absolute atomic E-state index is 13.0. The molecule has 0 bridgehead atoms. The molecule has 0 radical (unpaired) electrons. The number of nitrogens with zero attached hydrogens (tertiary/aromatic N) is 1. The highest BCUT2D eigenvalue weighted by molar-refractivity contribution is 7.89. The average Bonchev–Trinajstić information content (AvgIpc) is 2.70. The summed E-state index contributed by atoms with van der Waals surface area (Å²) in [6.07, 6.45) is -0.0745. The molecule has 0 saturated heterocycles. The van der Waals surface area contributed by atoms with Crippen LogP contribution in [0.2, 0.25) is 0 Å². The molecule has 0 saturated carbocycles. The van der Waals surface area contributed by atoms with Crippen LogP contribution in [0.4, 0.5) is 0 Å². The maximum Gasteiger partial charge on any atom is 0.243 e. The van der Waals surface area contributed by atoms with E-state index < -0.39 is 16.1 Å². The number of nitrogens with one attached hydrogen (secondary N) is 1. The second-order valence-corrected chi connectivity index (χ2v) is 7.90. The summed E-state index contributed by atoms with van der Waals surface area (Å²) in [6.45, 7) is -0.0690. The fourth-order valence-corrected chi connectivity index (χ4v) is 4.02. The van der Waals surface area contributed by atoms with Crippen molar-refractivity contribution in [2.45, 2.75) is 17.4 Å². The van der Waals surface area contributed by atoms with Crippen LogP contribution in [0.1, 0.15) is 18.0 Å². The zero-order valence-corrected chi connectivity index (χ0v) is 16.1. The Bertz CT molecular complexity index is 838. The van der Waals surface area contributed by atoms with E-state index in [-0.39, 0.29) is 30.4 Å². The molecule has 0 spiro atoms. The number of ether oxygens (including phenoxy) is 1. The molecule has 0 unspecified atom stereocenters. The van der Waals surface area contributed by atoms with Gasteiger partial charge in [0.2, 0.25) is 15.9 Å². The first-order valence-corrected chi connectivity index (χ1v) is 9.88. The van der Waals surface area contributed by atoms with E-state index in [2.05, 4.69) is 5.32 Å². The van der Waals surface area contributed by atoms with E-state index in [1.807, 2.05) is 0 Å². The molecule has 7 nitrogen and oxygen atoms in total. The Morgan fingerprint density at radius 2 is 1.78 bits per heavy atom. The van der Waals surface area contributed by atoms with E-state index in [1.54, 1.807) is 49.6 Å². The molecule has 0 heterocycles. The number of hydrogen-bond donors (Lipinski definition) is 2. The number of aliphatic hydroxyl groups is 1. The number of carbonyl (C=O) groups excluding carboxylic acids is 1. The van der Waals surface area contributed by atoms with Crippen molar-refractivity contribution >= 4 is 15.9 Å². The van der Waals surface area contributed by atoms with Crippen molar-refractivity contribution in [2.24, 2.45) is 0 Å². The summed E-state index contributed by atoms with van der Waals surface area (Å²) in [7, 11) is -0.798. The van der Waals surface area contributed by atoms with Crippen LogP contribution in [0, 0.1) is 0 Å². The summed E-state index contributed by atoms with van der Waals surface area (Å²) < 4.78 is 32.3. The van der Waals surface area contributed by atoms with Gasteiger partial charge < -0.3 is 15.2 Å². The van der Waals surface area contributed by atoms with Gasteiger partial charge in [0, 0.05) is 20.0 Å². The summed E-state index contributed by atoms with van der Waals surface area (Å²) in [5.41, 5.74) is 0.664. The normalized spacial score (nSPS) is 12.6. The fraction of sp³-hybridized carbons (Fsp3) is 0.316. The first kappa shape index (κ1) is 20.9. The van der Waals surface area contributed by atoms with Crippen molar-refractivity contribution in [3.8, 4) is 5.75 Å². The SMILES string of the molecule is COc1ccc([C@@H](CC(=O)NCCO)N(C)S(=O)(=O)c2ccccc2)cc1. The van der Waals surface area contributed by atoms with Gasteiger partial charge in [-0.15, -0.1) is 0 Å². The summed E-state index contributed by atoms with van der Waals surface area (Å²) in [4.78, 5) is 12.4. The Balaban J connectivity index is 2.36. The Kier molecular flexibility index (Phi) is 7.35. The lowest BCUT2D eigenvalue weighted by Gasteiger charge is -2.27. The van der Waals surface area contributed by atoms with Crippen molar-refractivity contribution in [3.05, 3.63) is 60.2 Å². The zero-order valence-electron chi connectivity index (χ0n) is 15.3. The highest BCUT2D eigenvalue weighted by Gasteiger charge is 2.30. The van der Waals surface area contributed by atoms with Gasteiger partial charge in [0.15, 0.2) is 0 Å². The predicted octanol–water partition coefficient (Wildman–Crippen LogP) is 1.56. The number of sulfonamides is 1. The van der Waals surface area contributed by atoms with Crippen LogP contribution in [-0.4, -0.2) is 51.0 Å². The molecular formula is C19H24N2O5S. The topological polar surface area (TPSA) is 95.9 Å². The summed E-state index contributed by atoms with van der Waals surface area (Å²) in [6, 6.07) is 14.3. The van der Waals surface area contributed by atoms with E-state index in [0.29, 0.717) is 11.3 Å². The molecule has 2 aromatic carbocycles. The number of rotatable bonds is 9. The van der Waals surface area contributed by atoms with Crippen molar-refractivity contribution in [1.29, 1.82) is 0 Å². The van der Waals surface area contributed by atoms with Crippen molar-refractivity contribution in [1.82, 2.24) is 9.62 Å². The van der Waals surface area contributed by atoms with Crippen LogP contribution in [0.5, 0.6) is 5.75 Å². The first-order valence-electron chi connectivity index (χ1n) is 8.44. The van der Waals surface area contributed by atoms with Gasteiger partial charge in [0.1, 0.15) is 5.75 Å². The van der Waals surface area contributed by atoms with Gasteiger partial charge in [0.25, 0.3) is 0 Å². The Hall–Kier alpha value is -2.42. The van der Waals surface area contributed by atoms with Gasteiger partial charge in [-0.05, 0) is 29.8 Å². The van der Waals surface area contributed by atoms with Crippen LogP contribution in [0.15, 0.2) is 59.5 Å². The molecular weight excluding hydrogens is 368 g/mol. The minimum absolute atomic E-state index is 0.0745. The molecule has 0 fully saturated rings. The molecule has 2 rings (SSSR count). The van der Waals surface area contributed by atoms with Crippen LogP contribution in [0.25, 0.3) is 0 Å². The van der Waals surface area contributed by atoms with Gasteiger partial charge in [0.05, 0.1) is 24.7 Å². The fourth-order valence-electron chi connectivity index (χ4n) is 2.65. The van der Waals surface area contributed by atoms with Gasteiger partial charge in [-0.25, -0.2) is 8.42 Å². The molecule has 8 heteroatoms. The lowest BCUT2D eigenvalue weighted by molar-refractivity contribution is -0.122. The molecule has 1 atom stereocenters. The zero-order chi connectivity index (χ0) is 19.9. The number of methoxy groups -OCH3 is 1.